The van der Waals surface area contributed by atoms with Crippen LogP contribution in [0.25, 0.3) is 11.0 Å². The molecule has 0 atom stereocenters. The van der Waals surface area contributed by atoms with Gasteiger partial charge in [-0.15, -0.1) is 5.10 Å². The van der Waals surface area contributed by atoms with Crippen molar-refractivity contribution in [2.24, 2.45) is 7.05 Å². The van der Waals surface area contributed by atoms with Crippen molar-refractivity contribution in [1.29, 1.82) is 0 Å². The SMILES string of the molecule is Cc1nnc2c(cnn2C)c1S(C)(=O)=O. The normalized spacial score (nSPS) is 12.2. The van der Waals surface area contributed by atoms with Crippen molar-refractivity contribution in [2.45, 2.75) is 11.8 Å². The highest BCUT2D eigenvalue weighted by atomic mass is 32.2. The van der Waals surface area contributed by atoms with Gasteiger partial charge in [0.2, 0.25) is 0 Å². The Morgan fingerprint density at radius 1 is 1.33 bits per heavy atom. The molecule has 0 aromatic carbocycles. The van der Waals surface area contributed by atoms with Crippen molar-refractivity contribution in [3.8, 4) is 0 Å². The van der Waals surface area contributed by atoms with Crippen LogP contribution in [0.4, 0.5) is 0 Å². The number of hydrogen-bond acceptors (Lipinski definition) is 5. The molecule has 2 rings (SSSR count). The summed E-state index contributed by atoms with van der Waals surface area (Å²) in [6, 6.07) is 0. The van der Waals surface area contributed by atoms with E-state index in [2.05, 4.69) is 15.3 Å². The van der Waals surface area contributed by atoms with Crippen LogP contribution in [0.3, 0.4) is 0 Å². The molecule has 0 bridgehead atoms. The predicted octanol–water partition coefficient (Wildman–Crippen LogP) is 0.0752. The van der Waals surface area contributed by atoms with E-state index in [0.29, 0.717) is 16.7 Å². The molecule has 0 N–H and O–H groups in total. The molecule has 80 valence electrons. The lowest BCUT2D eigenvalue weighted by Gasteiger charge is -2.02. The van der Waals surface area contributed by atoms with Crippen LogP contribution in [-0.4, -0.2) is 34.7 Å². The predicted molar refractivity (Wildman–Crippen MR) is 54.2 cm³/mol. The molecule has 0 amide bonds. The maximum Gasteiger partial charge on any atom is 0.181 e. The molecule has 0 spiro atoms. The number of rotatable bonds is 1. The van der Waals surface area contributed by atoms with Crippen LogP contribution in [0, 0.1) is 6.92 Å². The van der Waals surface area contributed by atoms with Crippen molar-refractivity contribution >= 4 is 20.9 Å². The van der Waals surface area contributed by atoms with Crippen molar-refractivity contribution < 1.29 is 8.42 Å². The van der Waals surface area contributed by atoms with Crippen molar-refractivity contribution in [2.75, 3.05) is 6.26 Å². The largest absolute Gasteiger partial charge is 0.249 e. The molecule has 0 fully saturated rings. The number of aromatic nitrogens is 4. The van der Waals surface area contributed by atoms with Gasteiger partial charge in [-0.1, -0.05) is 0 Å². The second-order valence-corrected chi connectivity index (χ2v) is 5.34. The van der Waals surface area contributed by atoms with Gasteiger partial charge in [0.1, 0.15) is 4.90 Å². The smallest absolute Gasteiger partial charge is 0.181 e. The maximum absolute atomic E-state index is 11.6. The Bertz CT molecular complexity index is 629. The van der Waals surface area contributed by atoms with Gasteiger partial charge in [0.25, 0.3) is 0 Å². The Morgan fingerprint density at radius 2 is 2.00 bits per heavy atom. The Labute approximate surface area is 86.8 Å². The standard InChI is InChI=1S/C8H10N4O2S/c1-5-7(15(3,13)14)6-4-9-12(2)8(6)11-10-5/h4H,1-3H3. The second-order valence-electron chi connectivity index (χ2n) is 3.39. The van der Waals surface area contributed by atoms with Crippen LogP contribution >= 0.6 is 0 Å². The Hall–Kier alpha value is -1.50. The first-order valence-corrected chi connectivity index (χ1v) is 6.15. The summed E-state index contributed by atoms with van der Waals surface area (Å²) >= 11 is 0. The fourth-order valence-corrected chi connectivity index (χ4v) is 2.66. The summed E-state index contributed by atoms with van der Waals surface area (Å²) in [7, 11) is -1.61. The molecule has 0 aliphatic heterocycles. The first-order chi connectivity index (χ1) is 6.91. The fourth-order valence-electron chi connectivity index (χ4n) is 1.54. The zero-order chi connectivity index (χ0) is 11.2. The lowest BCUT2D eigenvalue weighted by Crippen LogP contribution is -2.05. The van der Waals surface area contributed by atoms with Crippen LogP contribution in [0.15, 0.2) is 11.1 Å². The quantitative estimate of drug-likeness (QED) is 0.688. The van der Waals surface area contributed by atoms with Gasteiger partial charge in [-0.25, -0.2) is 13.1 Å². The van der Waals surface area contributed by atoms with E-state index in [1.54, 1.807) is 14.0 Å². The van der Waals surface area contributed by atoms with Gasteiger partial charge >= 0.3 is 0 Å². The molecule has 2 aromatic rings. The van der Waals surface area contributed by atoms with Gasteiger partial charge in [0.15, 0.2) is 15.5 Å². The summed E-state index contributed by atoms with van der Waals surface area (Å²) in [4.78, 5) is 0.209. The summed E-state index contributed by atoms with van der Waals surface area (Å²) < 4.78 is 24.6. The average Bonchev–Trinajstić information content (AvgIpc) is 2.45. The number of aryl methyl sites for hydroxylation is 2. The second kappa shape index (κ2) is 2.99. The van der Waals surface area contributed by atoms with Crippen LogP contribution in [0.1, 0.15) is 5.69 Å². The third kappa shape index (κ3) is 1.48. The zero-order valence-electron chi connectivity index (χ0n) is 8.59. The summed E-state index contributed by atoms with van der Waals surface area (Å²) in [5.74, 6) is 0. The number of fused-ring (bicyclic) bond motifs is 1. The monoisotopic (exact) mass is 226 g/mol. The Balaban J connectivity index is 3.00. The van der Waals surface area contributed by atoms with Crippen molar-refractivity contribution in [3.05, 3.63) is 11.9 Å². The van der Waals surface area contributed by atoms with E-state index in [1.807, 2.05) is 0 Å². The number of nitrogens with zero attached hydrogens (tertiary/aromatic N) is 4. The van der Waals surface area contributed by atoms with E-state index < -0.39 is 9.84 Å². The van der Waals surface area contributed by atoms with Crippen molar-refractivity contribution in [1.82, 2.24) is 20.0 Å². The van der Waals surface area contributed by atoms with Gasteiger partial charge in [0, 0.05) is 13.3 Å². The average molecular weight is 226 g/mol. The van der Waals surface area contributed by atoms with Crippen molar-refractivity contribution in [3.63, 3.8) is 0 Å². The minimum absolute atomic E-state index is 0.209. The van der Waals surface area contributed by atoms with Crippen LogP contribution in [-0.2, 0) is 16.9 Å². The van der Waals surface area contributed by atoms with E-state index >= 15 is 0 Å². The maximum atomic E-state index is 11.6. The van der Waals surface area contributed by atoms with Crippen LogP contribution in [0.5, 0.6) is 0 Å². The molecule has 0 saturated carbocycles. The molecule has 6 nitrogen and oxygen atoms in total. The molecule has 0 unspecified atom stereocenters. The van der Waals surface area contributed by atoms with E-state index in [1.165, 1.54) is 10.9 Å². The fraction of sp³-hybridized carbons (Fsp3) is 0.375. The summed E-state index contributed by atoms with van der Waals surface area (Å²) in [6.07, 6.45) is 2.65. The highest BCUT2D eigenvalue weighted by molar-refractivity contribution is 7.91. The minimum Gasteiger partial charge on any atom is -0.249 e. The lowest BCUT2D eigenvalue weighted by atomic mass is 10.3. The summed E-state index contributed by atoms with van der Waals surface area (Å²) in [5, 5.41) is 12.2. The van der Waals surface area contributed by atoms with E-state index in [9.17, 15) is 8.42 Å². The first-order valence-electron chi connectivity index (χ1n) is 4.26. The first kappa shape index (κ1) is 10.0. The molecule has 0 aliphatic carbocycles. The Morgan fingerprint density at radius 3 is 2.60 bits per heavy atom. The molecule has 0 radical (unpaired) electrons. The molecule has 7 heteroatoms. The molecule has 2 heterocycles. The van der Waals surface area contributed by atoms with Crippen LogP contribution in [0.2, 0.25) is 0 Å². The van der Waals surface area contributed by atoms with Gasteiger partial charge in [-0.3, -0.25) is 0 Å². The molecule has 0 aliphatic rings. The minimum atomic E-state index is -3.30. The lowest BCUT2D eigenvalue weighted by molar-refractivity contribution is 0.601. The van der Waals surface area contributed by atoms with Gasteiger partial charge in [0.05, 0.1) is 17.3 Å². The van der Waals surface area contributed by atoms with E-state index in [0.717, 1.165) is 6.26 Å². The third-order valence-electron chi connectivity index (χ3n) is 2.15. The molecule has 15 heavy (non-hydrogen) atoms. The molecule has 0 saturated heterocycles. The zero-order valence-corrected chi connectivity index (χ0v) is 9.41. The molecule has 2 aromatic heterocycles. The summed E-state index contributed by atoms with van der Waals surface area (Å²) in [5.41, 5.74) is 0.874. The third-order valence-corrected chi connectivity index (χ3v) is 3.40. The van der Waals surface area contributed by atoms with Gasteiger partial charge in [-0.2, -0.15) is 10.2 Å². The van der Waals surface area contributed by atoms with E-state index in [-0.39, 0.29) is 4.90 Å². The topological polar surface area (TPSA) is 77.7 Å². The van der Waals surface area contributed by atoms with Gasteiger partial charge in [-0.05, 0) is 6.92 Å². The Kier molecular flexibility index (Phi) is 2.00. The van der Waals surface area contributed by atoms with Crippen LogP contribution < -0.4 is 0 Å². The number of hydrogen-bond donors (Lipinski definition) is 0. The van der Waals surface area contributed by atoms with Gasteiger partial charge < -0.3 is 0 Å². The molecular weight excluding hydrogens is 216 g/mol. The molecular formula is C8H10N4O2S. The summed E-state index contributed by atoms with van der Waals surface area (Å²) in [6.45, 7) is 1.62. The number of sulfone groups is 1. The highest BCUT2D eigenvalue weighted by Gasteiger charge is 2.19. The highest BCUT2D eigenvalue weighted by Crippen LogP contribution is 2.22. The van der Waals surface area contributed by atoms with E-state index in [4.69, 9.17) is 0 Å².